The highest BCUT2D eigenvalue weighted by molar-refractivity contribution is 7.03. The van der Waals surface area contributed by atoms with Crippen molar-refractivity contribution in [3.63, 3.8) is 0 Å². The van der Waals surface area contributed by atoms with Crippen molar-refractivity contribution in [3.05, 3.63) is 41.8 Å². The van der Waals surface area contributed by atoms with E-state index in [1.807, 2.05) is 29.7 Å². The number of carbonyl (C=O) groups excluding carboxylic acids is 1. The summed E-state index contributed by atoms with van der Waals surface area (Å²) < 4.78 is 3.83. The molecule has 2 N–H and O–H groups in total. The van der Waals surface area contributed by atoms with Gasteiger partial charge in [0.05, 0.1) is 11.8 Å². The number of aliphatic carboxylic acids is 1. The maximum Gasteiger partial charge on any atom is 0.307 e. The van der Waals surface area contributed by atoms with E-state index < -0.39 is 17.8 Å². The average molecular weight is 341 g/mol. The lowest BCUT2D eigenvalue weighted by atomic mass is 9.82. The van der Waals surface area contributed by atoms with Gasteiger partial charge in [-0.15, -0.1) is 5.10 Å². The van der Waals surface area contributed by atoms with E-state index in [1.165, 1.54) is 11.5 Å². The van der Waals surface area contributed by atoms with Crippen LogP contribution in [0.1, 0.15) is 6.42 Å². The van der Waals surface area contributed by atoms with Gasteiger partial charge in [-0.25, -0.2) is 0 Å². The lowest BCUT2D eigenvalue weighted by Crippen LogP contribution is -2.36. The molecule has 7 heteroatoms. The summed E-state index contributed by atoms with van der Waals surface area (Å²) in [6.07, 6.45) is 4.67. The zero-order chi connectivity index (χ0) is 16.7. The predicted molar refractivity (Wildman–Crippen MR) is 89.3 cm³/mol. The molecule has 24 heavy (non-hydrogen) atoms. The van der Waals surface area contributed by atoms with Crippen molar-refractivity contribution in [2.75, 3.05) is 5.32 Å². The molecule has 1 saturated carbocycles. The normalized spacial score (nSPS) is 27.3. The van der Waals surface area contributed by atoms with E-state index in [0.29, 0.717) is 5.69 Å². The second-order valence-electron chi connectivity index (χ2n) is 6.19. The van der Waals surface area contributed by atoms with Gasteiger partial charge in [0.1, 0.15) is 5.69 Å². The summed E-state index contributed by atoms with van der Waals surface area (Å²) in [5.41, 5.74) is 2.37. The number of anilines is 1. The molecular weight excluding hydrogens is 326 g/mol. The number of aromatic nitrogens is 2. The van der Waals surface area contributed by atoms with Gasteiger partial charge in [-0.1, -0.05) is 28.8 Å². The molecule has 1 aromatic heterocycles. The van der Waals surface area contributed by atoms with Crippen molar-refractivity contribution < 1.29 is 14.7 Å². The molecule has 0 spiro atoms. The highest BCUT2D eigenvalue weighted by Gasteiger charge is 2.51. The number of nitrogens with zero attached hydrogens (tertiary/aromatic N) is 2. The smallest absolute Gasteiger partial charge is 0.307 e. The number of nitrogens with one attached hydrogen (secondary N) is 1. The van der Waals surface area contributed by atoms with Gasteiger partial charge in [0, 0.05) is 16.6 Å². The molecule has 4 atom stereocenters. The number of fused-ring (bicyclic) bond motifs is 2. The molecular formula is C17H15N3O3S. The van der Waals surface area contributed by atoms with Gasteiger partial charge < -0.3 is 10.4 Å². The summed E-state index contributed by atoms with van der Waals surface area (Å²) >= 11 is 1.28. The molecule has 2 aliphatic rings. The third kappa shape index (κ3) is 2.50. The first-order valence-corrected chi connectivity index (χ1v) is 8.56. The van der Waals surface area contributed by atoms with E-state index in [0.717, 1.165) is 17.7 Å². The van der Waals surface area contributed by atoms with E-state index in [1.54, 1.807) is 12.1 Å². The van der Waals surface area contributed by atoms with Crippen molar-refractivity contribution in [1.29, 1.82) is 0 Å². The molecule has 0 saturated heterocycles. The summed E-state index contributed by atoms with van der Waals surface area (Å²) in [7, 11) is 0. The Hall–Kier alpha value is -2.54. The van der Waals surface area contributed by atoms with Crippen molar-refractivity contribution in [3.8, 4) is 11.3 Å². The molecule has 2 aliphatic carbocycles. The summed E-state index contributed by atoms with van der Waals surface area (Å²) in [6.45, 7) is 0. The van der Waals surface area contributed by atoms with E-state index in [4.69, 9.17) is 0 Å². The lowest BCUT2D eigenvalue weighted by molar-refractivity contribution is -0.146. The number of carboxylic acid groups (broad SMARTS) is 1. The maximum absolute atomic E-state index is 12.6. The van der Waals surface area contributed by atoms with E-state index in [-0.39, 0.29) is 17.7 Å². The number of rotatable bonds is 4. The Kier molecular flexibility index (Phi) is 3.65. The highest BCUT2D eigenvalue weighted by Crippen LogP contribution is 2.48. The van der Waals surface area contributed by atoms with Crippen LogP contribution in [0.3, 0.4) is 0 Å². The van der Waals surface area contributed by atoms with Crippen molar-refractivity contribution in [2.45, 2.75) is 6.42 Å². The first-order valence-electron chi connectivity index (χ1n) is 7.73. The molecule has 1 amide bonds. The van der Waals surface area contributed by atoms with Crippen LogP contribution in [-0.4, -0.2) is 26.6 Å². The number of allylic oxidation sites excluding steroid dienone is 2. The van der Waals surface area contributed by atoms with Gasteiger partial charge in [-0.05, 0) is 41.9 Å². The van der Waals surface area contributed by atoms with Crippen LogP contribution in [0, 0.1) is 23.7 Å². The van der Waals surface area contributed by atoms with Crippen LogP contribution >= 0.6 is 11.5 Å². The molecule has 0 aliphatic heterocycles. The Morgan fingerprint density at radius 3 is 2.46 bits per heavy atom. The molecule has 1 fully saturated rings. The summed E-state index contributed by atoms with van der Waals surface area (Å²) in [6, 6.07) is 7.32. The maximum atomic E-state index is 12.6. The first kappa shape index (κ1) is 15.0. The third-order valence-electron chi connectivity index (χ3n) is 4.86. The Balaban J connectivity index is 1.50. The zero-order valence-corrected chi connectivity index (χ0v) is 13.4. The number of hydrogen-bond donors (Lipinski definition) is 2. The largest absolute Gasteiger partial charge is 0.481 e. The van der Waals surface area contributed by atoms with Crippen LogP contribution in [0.15, 0.2) is 41.8 Å². The van der Waals surface area contributed by atoms with Gasteiger partial charge >= 0.3 is 5.97 Å². The number of amides is 1. The molecule has 0 radical (unpaired) electrons. The molecule has 122 valence electrons. The van der Waals surface area contributed by atoms with Gasteiger partial charge in [0.2, 0.25) is 5.91 Å². The van der Waals surface area contributed by atoms with E-state index in [9.17, 15) is 14.7 Å². The van der Waals surface area contributed by atoms with E-state index in [2.05, 4.69) is 14.9 Å². The summed E-state index contributed by atoms with van der Waals surface area (Å²) in [5, 5.41) is 18.2. The molecule has 1 heterocycles. The van der Waals surface area contributed by atoms with Crippen LogP contribution in [0.2, 0.25) is 0 Å². The van der Waals surface area contributed by atoms with Crippen molar-refractivity contribution >= 4 is 29.1 Å². The molecule has 1 aromatic carbocycles. The van der Waals surface area contributed by atoms with Crippen LogP contribution in [0.4, 0.5) is 5.69 Å². The number of carboxylic acids is 1. The fraction of sp³-hybridized carbons (Fsp3) is 0.294. The van der Waals surface area contributed by atoms with Crippen LogP contribution < -0.4 is 5.32 Å². The number of hydrogen-bond acceptors (Lipinski definition) is 5. The standard InChI is InChI=1S/C17H15N3O3S/c21-16(14-10-1-2-11(7-10)15(14)17(22)23)18-12-5-3-9(4-6-12)13-8-24-20-19-13/h1-6,8,10-11,14-15H,7H2,(H,18,21)(H,22,23)/t10-,11-,14-,15+/m0/s1. The Labute approximate surface area is 142 Å². The van der Waals surface area contributed by atoms with Gasteiger partial charge in [-0.3, -0.25) is 9.59 Å². The van der Waals surface area contributed by atoms with Gasteiger partial charge in [0.15, 0.2) is 0 Å². The second-order valence-corrected chi connectivity index (χ2v) is 6.80. The van der Waals surface area contributed by atoms with Crippen LogP contribution in [0.5, 0.6) is 0 Å². The summed E-state index contributed by atoms with van der Waals surface area (Å²) in [4.78, 5) is 24.1. The van der Waals surface area contributed by atoms with Gasteiger partial charge in [0.25, 0.3) is 0 Å². The fourth-order valence-electron chi connectivity index (χ4n) is 3.76. The van der Waals surface area contributed by atoms with Crippen LogP contribution in [-0.2, 0) is 9.59 Å². The first-order chi connectivity index (χ1) is 11.6. The van der Waals surface area contributed by atoms with Crippen LogP contribution in [0.25, 0.3) is 11.3 Å². The third-order valence-corrected chi connectivity index (χ3v) is 5.36. The average Bonchev–Trinajstić information content (AvgIpc) is 3.31. The highest BCUT2D eigenvalue weighted by atomic mass is 32.1. The minimum Gasteiger partial charge on any atom is -0.481 e. The zero-order valence-electron chi connectivity index (χ0n) is 12.6. The molecule has 2 bridgehead atoms. The minimum absolute atomic E-state index is 0.0245. The quantitative estimate of drug-likeness (QED) is 0.834. The minimum atomic E-state index is -0.890. The Bertz CT molecular complexity index is 801. The molecule has 4 rings (SSSR count). The molecule has 0 unspecified atom stereocenters. The molecule has 6 nitrogen and oxygen atoms in total. The fourth-order valence-corrected chi connectivity index (χ4v) is 4.22. The summed E-state index contributed by atoms with van der Waals surface area (Å²) in [5.74, 6) is -2.24. The van der Waals surface area contributed by atoms with Crippen molar-refractivity contribution in [1.82, 2.24) is 9.59 Å². The monoisotopic (exact) mass is 341 g/mol. The Morgan fingerprint density at radius 2 is 1.83 bits per heavy atom. The van der Waals surface area contributed by atoms with Gasteiger partial charge in [-0.2, -0.15) is 0 Å². The molecule has 2 aromatic rings. The number of carbonyl (C=O) groups is 2. The van der Waals surface area contributed by atoms with E-state index >= 15 is 0 Å². The van der Waals surface area contributed by atoms with Crippen molar-refractivity contribution in [2.24, 2.45) is 23.7 Å². The topological polar surface area (TPSA) is 92.2 Å². The SMILES string of the molecule is O=C(Nc1ccc(-c2csnn2)cc1)[C@@H]1[C@H](C(=O)O)[C@H]2C=C[C@H]1C2. The predicted octanol–water partition coefficient (Wildman–Crippen LogP) is 2.67. The number of benzene rings is 1. The second kappa shape index (κ2) is 5.83. The lowest BCUT2D eigenvalue weighted by Gasteiger charge is -2.23. The Morgan fingerprint density at radius 1 is 1.12 bits per heavy atom.